The number of fused-ring (bicyclic) bond motifs is 1. The average Bonchev–Trinajstić information content (AvgIpc) is 2.67. The number of nitrogens with zero attached hydrogens (tertiary/aromatic N) is 2. The molecule has 2 rings (SSSR count). The van der Waals surface area contributed by atoms with Crippen LogP contribution in [0, 0.1) is 0 Å². The van der Waals surface area contributed by atoms with Crippen LogP contribution >= 0.6 is 0 Å². The van der Waals surface area contributed by atoms with E-state index in [1.165, 1.54) is 22.5 Å². The molecule has 0 radical (unpaired) electrons. The third-order valence-electron chi connectivity index (χ3n) is 5.48. The molecule has 0 unspecified atom stereocenters. The Balaban J connectivity index is 2.59. The van der Waals surface area contributed by atoms with Gasteiger partial charge in [0.25, 0.3) is 0 Å². The zero-order valence-corrected chi connectivity index (χ0v) is 17.3. The van der Waals surface area contributed by atoms with Crippen LogP contribution in [0.3, 0.4) is 0 Å². The summed E-state index contributed by atoms with van der Waals surface area (Å²) in [6.45, 7) is 13.2. The van der Waals surface area contributed by atoms with Crippen LogP contribution in [0.4, 0.5) is 0 Å². The van der Waals surface area contributed by atoms with Crippen LogP contribution < -0.4 is 0 Å². The van der Waals surface area contributed by atoms with Gasteiger partial charge in [0, 0.05) is 11.8 Å². The van der Waals surface area contributed by atoms with Crippen molar-refractivity contribution in [2.45, 2.75) is 79.1 Å². The highest BCUT2D eigenvalue weighted by Gasteiger charge is 2.21. The number of hydrogen-bond donors (Lipinski definition) is 0. The monoisotopic (exact) mass is 350 g/mol. The van der Waals surface area contributed by atoms with Gasteiger partial charge in [0.1, 0.15) is 0 Å². The van der Waals surface area contributed by atoms with Gasteiger partial charge in [-0.25, -0.2) is 9.97 Å². The van der Waals surface area contributed by atoms with E-state index in [1.807, 2.05) is 0 Å². The van der Waals surface area contributed by atoms with Gasteiger partial charge in [-0.1, -0.05) is 57.6 Å². The predicted molar refractivity (Wildman–Crippen MR) is 115 cm³/mol. The summed E-state index contributed by atoms with van der Waals surface area (Å²) in [6.07, 6.45) is 10.9. The molecule has 0 atom stereocenters. The maximum atomic E-state index is 5.13. The molecule has 0 saturated heterocycles. The minimum Gasteiger partial charge on any atom is -0.249 e. The Labute approximate surface area is 159 Å². The number of hydrogen-bond acceptors (Lipinski definition) is 2. The summed E-state index contributed by atoms with van der Waals surface area (Å²) >= 11 is 0. The highest BCUT2D eigenvalue weighted by molar-refractivity contribution is 5.78. The summed E-state index contributed by atoms with van der Waals surface area (Å²) in [5.41, 5.74) is 6.92. The van der Waals surface area contributed by atoms with E-state index < -0.39 is 0 Å². The molecular weight excluding hydrogens is 316 g/mol. The summed E-state index contributed by atoms with van der Waals surface area (Å²) in [5.74, 6) is 0.992. The van der Waals surface area contributed by atoms with Crippen molar-refractivity contribution in [3.8, 4) is 0 Å². The molecule has 0 spiro atoms. The topological polar surface area (TPSA) is 25.8 Å². The van der Waals surface area contributed by atoms with Crippen LogP contribution in [-0.4, -0.2) is 9.97 Å². The van der Waals surface area contributed by atoms with Crippen molar-refractivity contribution in [3.63, 3.8) is 0 Å². The molecule has 1 aromatic carbocycles. The Kier molecular flexibility index (Phi) is 7.56. The molecule has 2 aromatic rings. The molecular formula is C24H34N2. The quantitative estimate of drug-likeness (QED) is 0.463. The lowest BCUT2D eigenvalue weighted by molar-refractivity contribution is 0.567. The van der Waals surface area contributed by atoms with Crippen molar-refractivity contribution in [1.29, 1.82) is 0 Å². The average molecular weight is 351 g/mol. The van der Waals surface area contributed by atoms with E-state index in [1.54, 1.807) is 0 Å². The molecule has 1 heterocycles. The summed E-state index contributed by atoms with van der Waals surface area (Å²) in [6, 6.07) is 6.43. The molecule has 0 amide bonds. The van der Waals surface area contributed by atoms with Crippen LogP contribution in [0.5, 0.6) is 0 Å². The van der Waals surface area contributed by atoms with Crippen molar-refractivity contribution in [3.05, 3.63) is 52.9 Å². The van der Waals surface area contributed by atoms with Gasteiger partial charge in [-0.15, -0.1) is 0 Å². The van der Waals surface area contributed by atoms with Crippen LogP contribution in [0.25, 0.3) is 17.1 Å². The van der Waals surface area contributed by atoms with Crippen LogP contribution in [0.2, 0.25) is 0 Å². The Morgan fingerprint density at radius 3 is 1.92 bits per heavy atom. The number of rotatable bonds is 8. The molecule has 0 aliphatic rings. The summed E-state index contributed by atoms with van der Waals surface area (Å²) in [4.78, 5) is 10.2. The number of aromatic nitrogens is 2. The van der Waals surface area contributed by atoms with E-state index in [4.69, 9.17) is 9.97 Å². The van der Waals surface area contributed by atoms with E-state index >= 15 is 0 Å². The van der Waals surface area contributed by atoms with Crippen LogP contribution in [0.1, 0.15) is 96.0 Å². The van der Waals surface area contributed by atoms with Gasteiger partial charge in [-0.3, -0.25) is 0 Å². The number of benzene rings is 1. The summed E-state index contributed by atoms with van der Waals surface area (Å²) in [7, 11) is 0. The summed E-state index contributed by atoms with van der Waals surface area (Å²) < 4.78 is 0. The third kappa shape index (κ3) is 4.60. The summed E-state index contributed by atoms with van der Waals surface area (Å²) in [5, 5.41) is 0. The molecule has 0 saturated carbocycles. The van der Waals surface area contributed by atoms with E-state index in [2.05, 4.69) is 78.0 Å². The zero-order valence-electron chi connectivity index (χ0n) is 17.3. The minimum absolute atomic E-state index is 0.493. The first kappa shape index (κ1) is 20.4. The van der Waals surface area contributed by atoms with Gasteiger partial charge in [-0.05, 0) is 57.2 Å². The third-order valence-corrected chi connectivity index (χ3v) is 5.48. The van der Waals surface area contributed by atoms with E-state index in [9.17, 15) is 0 Å². The highest BCUT2D eigenvalue weighted by Crippen LogP contribution is 2.33. The van der Waals surface area contributed by atoms with Crippen molar-refractivity contribution >= 4 is 17.1 Å². The second kappa shape index (κ2) is 9.66. The van der Waals surface area contributed by atoms with E-state index in [-0.39, 0.29) is 0 Å². The SMILES string of the molecule is C/C=C(C)/C=C/c1ccc2nc(C(CC)CC)c(C(CC)CC)nc2c1. The standard InChI is InChI=1S/C24H34N2/c1-7-17(6)12-13-18-14-15-21-22(16-18)26-24(20(10-4)11-5)23(25-21)19(8-2)9-3/h7,12-16,19-20H,8-11H2,1-6H3/b13-12+,17-7+. The normalized spacial score (nSPS) is 12.8. The molecule has 0 bridgehead atoms. The maximum absolute atomic E-state index is 5.13. The first-order valence-electron chi connectivity index (χ1n) is 10.2. The molecule has 0 aliphatic carbocycles. The van der Waals surface area contributed by atoms with Crippen molar-refractivity contribution in [2.75, 3.05) is 0 Å². The van der Waals surface area contributed by atoms with E-state index in [0.29, 0.717) is 11.8 Å². The molecule has 0 aliphatic heterocycles. The van der Waals surface area contributed by atoms with Gasteiger partial charge in [0.15, 0.2) is 0 Å². The smallest absolute Gasteiger partial charge is 0.0896 e. The fourth-order valence-electron chi connectivity index (χ4n) is 3.48. The fourth-order valence-corrected chi connectivity index (χ4v) is 3.48. The first-order chi connectivity index (χ1) is 12.6. The van der Waals surface area contributed by atoms with Crippen molar-refractivity contribution in [2.24, 2.45) is 0 Å². The van der Waals surface area contributed by atoms with Crippen LogP contribution in [-0.2, 0) is 0 Å². The Hall–Kier alpha value is -1.96. The van der Waals surface area contributed by atoms with E-state index in [0.717, 1.165) is 36.7 Å². The molecule has 26 heavy (non-hydrogen) atoms. The Bertz CT molecular complexity index is 778. The molecule has 0 N–H and O–H groups in total. The van der Waals surface area contributed by atoms with Gasteiger partial charge in [0.2, 0.25) is 0 Å². The maximum Gasteiger partial charge on any atom is 0.0896 e. The molecule has 2 nitrogen and oxygen atoms in total. The second-order valence-electron chi connectivity index (χ2n) is 7.14. The zero-order chi connectivity index (χ0) is 19.1. The van der Waals surface area contributed by atoms with Gasteiger partial charge < -0.3 is 0 Å². The molecule has 140 valence electrons. The Morgan fingerprint density at radius 1 is 0.885 bits per heavy atom. The fraction of sp³-hybridized carbons (Fsp3) is 0.500. The lowest BCUT2D eigenvalue weighted by Gasteiger charge is -2.21. The Morgan fingerprint density at radius 2 is 1.42 bits per heavy atom. The lowest BCUT2D eigenvalue weighted by Crippen LogP contribution is -2.11. The van der Waals surface area contributed by atoms with Crippen molar-refractivity contribution < 1.29 is 0 Å². The second-order valence-corrected chi connectivity index (χ2v) is 7.14. The van der Waals surface area contributed by atoms with Gasteiger partial charge in [0.05, 0.1) is 22.4 Å². The molecule has 2 heteroatoms. The highest BCUT2D eigenvalue weighted by atomic mass is 14.8. The van der Waals surface area contributed by atoms with Crippen LogP contribution in [0.15, 0.2) is 35.9 Å². The molecule has 1 aromatic heterocycles. The van der Waals surface area contributed by atoms with Crippen molar-refractivity contribution in [1.82, 2.24) is 9.97 Å². The largest absolute Gasteiger partial charge is 0.249 e. The van der Waals surface area contributed by atoms with Gasteiger partial charge >= 0.3 is 0 Å². The molecule has 0 fully saturated rings. The number of allylic oxidation sites excluding steroid dienone is 3. The van der Waals surface area contributed by atoms with Gasteiger partial charge in [-0.2, -0.15) is 0 Å². The lowest BCUT2D eigenvalue weighted by atomic mass is 9.89. The minimum atomic E-state index is 0.493. The predicted octanol–water partition coefficient (Wildman–Crippen LogP) is 7.42. The first-order valence-corrected chi connectivity index (χ1v) is 10.2.